The lowest BCUT2D eigenvalue weighted by Gasteiger charge is -2.10. The Morgan fingerprint density at radius 1 is 1.56 bits per heavy atom. The molecular formula is C13H19ClN2OS. The van der Waals surface area contributed by atoms with Crippen LogP contribution in [0.5, 0.6) is 0 Å². The molecule has 3 nitrogen and oxygen atoms in total. The van der Waals surface area contributed by atoms with E-state index in [2.05, 4.69) is 12.2 Å². The van der Waals surface area contributed by atoms with E-state index in [0.29, 0.717) is 22.6 Å². The number of nitrogens with one attached hydrogen (secondary N) is 1. The van der Waals surface area contributed by atoms with Crippen LogP contribution in [-0.2, 0) is 4.79 Å². The fourth-order valence-electron chi connectivity index (χ4n) is 1.40. The van der Waals surface area contributed by atoms with E-state index in [-0.39, 0.29) is 5.91 Å². The van der Waals surface area contributed by atoms with Gasteiger partial charge in [-0.1, -0.05) is 24.6 Å². The zero-order valence-corrected chi connectivity index (χ0v) is 12.3. The van der Waals surface area contributed by atoms with Gasteiger partial charge < -0.3 is 11.1 Å². The van der Waals surface area contributed by atoms with Crippen molar-refractivity contribution in [2.24, 2.45) is 5.73 Å². The molecule has 0 heterocycles. The molecule has 0 saturated carbocycles. The number of halogens is 1. The molecule has 1 rings (SSSR count). The molecule has 0 saturated heterocycles. The number of nitrogens with two attached hydrogens (primary N) is 1. The molecule has 1 aromatic rings. The smallest absolute Gasteiger partial charge is 0.234 e. The number of rotatable bonds is 6. The number of anilines is 1. The normalized spacial score (nSPS) is 12.2. The average molecular weight is 287 g/mol. The van der Waals surface area contributed by atoms with Crippen molar-refractivity contribution in [1.82, 2.24) is 0 Å². The number of benzene rings is 1. The molecule has 3 N–H and O–H groups in total. The second-order valence-corrected chi connectivity index (χ2v) is 6.05. The van der Waals surface area contributed by atoms with Gasteiger partial charge in [-0.25, -0.2) is 0 Å². The van der Waals surface area contributed by atoms with Gasteiger partial charge in [0, 0.05) is 16.0 Å². The molecule has 1 amide bonds. The highest BCUT2D eigenvalue weighted by Crippen LogP contribution is 2.20. The maximum Gasteiger partial charge on any atom is 0.234 e. The largest absolute Gasteiger partial charge is 0.330 e. The molecule has 0 aliphatic carbocycles. The van der Waals surface area contributed by atoms with E-state index in [1.807, 2.05) is 19.1 Å². The van der Waals surface area contributed by atoms with Crippen LogP contribution in [0.3, 0.4) is 0 Å². The lowest BCUT2D eigenvalue weighted by atomic mass is 10.2. The van der Waals surface area contributed by atoms with Crippen molar-refractivity contribution in [3.05, 3.63) is 28.8 Å². The van der Waals surface area contributed by atoms with Crippen molar-refractivity contribution in [2.75, 3.05) is 17.6 Å². The van der Waals surface area contributed by atoms with E-state index in [1.165, 1.54) is 0 Å². The van der Waals surface area contributed by atoms with E-state index in [0.717, 1.165) is 17.7 Å². The summed E-state index contributed by atoms with van der Waals surface area (Å²) in [7, 11) is 0. The first-order valence-corrected chi connectivity index (χ1v) is 7.33. The first kappa shape index (κ1) is 15.3. The van der Waals surface area contributed by atoms with Gasteiger partial charge in [-0.3, -0.25) is 4.79 Å². The molecule has 0 aliphatic rings. The summed E-state index contributed by atoms with van der Waals surface area (Å²) in [4.78, 5) is 11.7. The Bertz CT molecular complexity index is 412. The van der Waals surface area contributed by atoms with Crippen LogP contribution < -0.4 is 11.1 Å². The first-order valence-electron chi connectivity index (χ1n) is 5.90. The standard InChI is InChI=1S/C13H19ClN2OS/c1-9-3-4-11(7-12(9)14)16-13(17)8-18-10(2)5-6-15/h3-4,7,10H,5-6,8,15H2,1-2H3,(H,16,17). The van der Waals surface area contributed by atoms with Crippen molar-refractivity contribution >= 4 is 35.0 Å². The molecule has 0 fully saturated rings. The van der Waals surface area contributed by atoms with E-state index >= 15 is 0 Å². The highest BCUT2D eigenvalue weighted by molar-refractivity contribution is 8.00. The topological polar surface area (TPSA) is 55.1 Å². The van der Waals surface area contributed by atoms with E-state index < -0.39 is 0 Å². The summed E-state index contributed by atoms with van der Waals surface area (Å²) < 4.78 is 0. The van der Waals surface area contributed by atoms with E-state index in [1.54, 1.807) is 17.8 Å². The van der Waals surface area contributed by atoms with Gasteiger partial charge in [0.15, 0.2) is 0 Å². The quantitative estimate of drug-likeness (QED) is 0.845. The lowest BCUT2D eigenvalue weighted by molar-refractivity contribution is -0.113. The summed E-state index contributed by atoms with van der Waals surface area (Å²) in [6.45, 7) is 4.66. The van der Waals surface area contributed by atoms with Gasteiger partial charge in [0.05, 0.1) is 5.75 Å². The number of amides is 1. The van der Waals surface area contributed by atoms with Gasteiger partial charge in [-0.05, 0) is 37.6 Å². The van der Waals surface area contributed by atoms with Crippen molar-refractivity contribution in [3.8, 4) is 0 Å². The maximum atomic E-state index is 11.7. The molecule has 1 aromatic carbocycles. The van der Waals surface area contributed by atoms with Crippen molar-refractivity contribution in [2.45, 2.75) is 25.5 Å². The molecule has 0 spiro atoms. The number of aryl methyl sites for hydroxylation is 1. The number of carbonyl (C=O) groups is 1. The van der Waals surface area contributed by atoms with E-state index in [4.69, 9.17) is 17.3 Å². The van der Waals surface area contributed by atoms with Crippen LogP contribution in [0.4, 0.5) is 5.69 Å². The molecule has 5 heteroatoms. The van der Waals surface area contributed by atoms with Gasteiger partial charge in [-0.15, -0.1) is 11.8 Å². The summed E-state index contributed by atoms with van der Waals surface area (Å²) in [6.07, 6.45) is 0.925. The average Bonchev–Trinajstić information content (AvgIpc) is 2.32. The van der Waals surface area contributed by atoms with Gasteiger partial charge in [0.1, 0.15) is 0 Å². The van der Waals surface area contributed by atoms with E-state index in [9.17, 15) is 4.79 Å². The Hall–Kier alpha value is -0.710. The van der Waals surface area contributed by atoms with Crippen LogP contribution >= 0.6 is 23.4 Å². The fraction of sp³-hybridized carbons (Fsp3) is 0.462. The number of carbonyl (C=O) groups excluding carboxylic acids is 1. The zero-order valence-electron chi connectivity index (χ0n) is 10.7. The third kappa shape index (κ3) is 5.29. The molecule has 18 heavy (non-hydrogen) atoms. The molecule has 100 valence electrons. The zero-order chi connectivity index (χ0) is 13.5. The number of thioether (sulfide) groups is 1. The molecule has 0 bridgehead atoms. The minimum Gasteiger partial charge on any atom is -0.330 e. The van der Waals surface area contributed by atoms with Gasteiger partial charge in [-0.2, -0.15) is 0 Å². The molecule has 1 unspecified atom stereocenters. The van der Waals surface area contributed by atoms with Crippen molar-refractivity contribution in [3.63, 3.8) is 0 Å². The third-order valence-corrected chi connectivity index (χ3v) is 4.17. The second kappa shape index (κ2) is 7.67. The van der Waals surface area contributed by atoms with Crippen LogP contribution in [0, 0.1) is 6.92 Å². The molecular weight excluding hydrogens is 268 g/mol. The Balaban J connectivity index is 2.42. The second-order valence-electron chi connectivity index (χ2n) is 4.21. The predicted octanol–water partition coefficient (Wildman–Crippen LogP) is 3.06. The summed E-state index contributed by atoms with van der Waals surface area (Å²) in [6, 6.07) is 5.51. The minimum absolute atomic E-state index is 0.0104. The van der Waals surface area contributed by atoms with Crippen LogP contribution in [0.1, 0.15) is 18.9 Å². The molecule has 0 aliphatic heterocycles. The van der Waals surface area contributed by atoms with Crippen molar-refractivity contribution in [1.29, 1.82) is 0 Å². The van der Waals surface area contributed by atoms with Crippen LogP contribution in [0.25, 0.3) is 0 Å². The van der Waals surface area contributed by atoms with Crippen molar-refractivity contribution < 1.29 is 4.79 Å². The highest BCUT2D eigenvalue weighted by Gasteiger charge is 2.07. The van der Waals surface area contributed by atoms with Crippen LogP contribution in [-0.4, -0.2) is 23.5 Å². The number of hydrogen-bond donors (Lipinski definition) is 2. The lowest BCUT2D eigenvalue weighted by Crippen LogP contribution is -2.17. The fourth-order valence-corrected chi connectivity index (χ4v) is 2.40. The van der Waals surface area contributed by atoms with Gasteiger partial charge in [0.25, 0.3) is 0 Å². The summed E-state index contributed by atoms with van der Waals surface area (Å²) in [5.41, 5.74) is 7.20. The summed E-state index contributed by atoms with van der Waals surface area (Å²) in [5.74, 6) is 0.427. The Labute approximate surface area is 117 Å². The monoisotopic (exact) mass is 286 g/mol. The first-order chi connectivity index (χ1) is 8.52. The summed E-state index contributed by atoms with van der Waals surface area (Å²) in [5, 5.41) is 3.90. The Morgan fingerprint density at radius 2 is 2.28 bits per heavy atom. The molecule has 0 aromatic heterocycles. The minimum atomic E-state index is -0.0104. The predicted molar refractivity (Wildman–Crippen MR) is 80.4 cm³/mol. The van der Waals surface area contributed by atoms with Gasteiger partial charge >= 0.3 is 0 Å². The Kier molecular flexibility index (Phi) is 6.54. The SMILES string of the molecule is Cc1ccc(NC(=O)CSC(C)CCN)cc1Cl. The van der Waals surface area contributed by atoms with Gasteiger partial charge in [0.2, 0.25) is 5.91 Å². The summed E-state index contributed by atoms with van der Waals surface area (Å²) >= 11 is 7.61. The molecule has 1 atom stereocenters. The number of hydrogen-bond acceptors (Lipinski definition) is 3. The molecule has 0 radical (unpaired) electrons. The van der Waals surface area contributed by atoms with Crippen LogP contribution in [0.15, 0.2) is 18.2 Å². The third-order valence-electron chi connectivity index (χ3n) is 2.53. The maximum absolute atomic E-state index is 11.7. The van der Waals surface area contributed by atoms with Crippen LogP contribution in [0.2, 0.25) is 5.02 Å². The Morgan fingerprint density at radius 3 is 2.89 bits per heavy atom. The highest BCUT2D eigenvalue weighted by atomic mass is 35.5.